The van der Waals surface area contributed by atoms with Crippen LogP contribution in [-0.4, -0.2) is 32.2 Å². The quantitative estimate of drug-likeness (QED) is 0.853. The molecule has 0 aliphatic carbocycles. The van der Waals surface area contributed by atoms with Crippen molar-refractivity contribution < 1.29 is 8.42 Å². The molecule has 0 N–H and O–H groups in total. The highest BCUT2D eigenvalue weighted by atomic mass is 32.2. The van der Waals surface area contributed by atoms with Crippen molar-refractivity contribution in [2.24, 2.45) is 4.40 Å². The Morgan fingerprint density at radius 3 is 2.21 bits per heavy atom. The zero-order valence-electron chi connectivity index (χ0n) is 11.4. The van der Waals surface area contributed by atoms with Gasteiger partial charge in [0.2, 0.25) is 0 Å². The summed E-state index contributed by atoms with van der Waals surface area (Å²) in [6.45, 7) is 7.07. The summed E-state index contributed by atoms with van der Waals surface area (Å²) < 4.78 is 28.0. The summed E-state index contributed by atoms with van der Waals surface area (Å²) in [6, 6.07) is 9.55. The van der Waals surface area contributed by atoms with Gasteiger partial charge >= 0.3 is 0 Å². The molecule has 1 aliphatic rings. The Kier molecular flexibility index (Phi) is 3.75. The van der Waals surface area contributed by atoms with Crippen LogP contribution >= 0.6 is 0 Å². The predicted molar refractivity (Wildman–Crippen MR) is 78.3 cm³/mol. The lowest BCUT2D eigenvalue weighted by Crippen LogP contribution is -2.30. The van der Waals surface area contributed by atoms with E-state index in [0.29, 0.717) is 10.7 Å². The highest BCUT2D eigenvalue weighted by molar-refractivity contribution is 7.94. The number of hydrogen-bond donors (Lipinski definition) is 0. The lowest BCUT2D eigenvalue weighted by Gasteiger charge is -2.22. The highest BCUT2D eigenvalue weighted by Gasteiger charge is 2.31. The van der Waals surface area contributed by atoms with Crippen molar-refractivity contribution in [3.05, 3.63) is 40.8 Å². The minimum Gasteiger partial charge on any atom is -0.356 e. The fraction of sp³-hybridized carbons (Fsp3) is 0.357. The summed E-state index contributed by atoms with van der Waals surface area (Å²) in [4.78, 5) is 2.30. The third kappa shape index (κ3) is 2.42. The normalized spacial score (nSPS) is 17.5. The topological polar surface area (TPSA) is 49.7 Å². The van der Waals surface area contributed by atoms with Crippen LogP contribution in [0.25, 0.3) is 5.57 Å². The van der Waals surface area contributed by atoms with Crippen LogP contribution in [0.15, 0.2) is 39.6 Å². The van der Waals surface area contributed by atoms with Gasteiger partial charge in [-0.1, -0.05) is 30.3 Å². The van der Waals surface area contributed by atoms with Gasteiger partial charge in [-0.2, -0.15) is 8.42 Å². The van der Waals surface area contributed by atoms with Crippen molar-refractivity contribution in [1.82, 2.24) is 4.90 Å². The third-order valence-electron chi connectivity index (χ3n) is 3.29. The maximum Gasteiger partial charge on any atom is 0.280 e. The molecular formula is C14H18N2O2S. The van der Waals surface area contributed by atoms with Gasteiger partial charge in [-0.25, -0.2) is 0 Å². The van der Waals surface area contributed by atoms with Crippen molar-refractivity contribution in [1.29, 1.82) is 0 Å². The molecule has 0 saturated carbocycles. The number of likely N-dealkylation sites (N-methyl/N-ethyl adjacent to an activating group) is 1. The molecule has 1 heterocycles. The standard InChI is InChI=1S/C14H18N2O2S/c1-4-16(5-2)14-13(11(3)19(17,18)15-14)12-9-7-6-8-10-12/h6-10H,4-5H2,1-3H3. The van der Waals surface area contributed by atoms with Crippen molar-refractivity contribution in [3.8, 4) is 0 Å². The molecule has 0 bridgehead atoms. The van der Waals surface area contributed by atoms with Crippen LogP contribution in [0.2, 0.25) is 0 Å². The summed E-state index contributed by atoms with van der Waals surface area (Å²) in [5, 5.41) is 0. The van der Waals surface area contributed by atoms with Crippen LogP contribution in [0, 0.1) is 0 Å². The molecular weight excluding hydrogens is 260 g/mol. The first-order chi connectivity index (χ1) is 9.01. The fourth-order valence-corrected chi connectivity index (χ4v) is 3.23. The van der Waals surface area contributed by atoms with Gasteiger partial charge in [0.05, 0.1) is 4.91 Å². The Labute approximate surface area is 114 Å². The van der Waals surface area contributed by atoms with Crippen LogP contribution in [-0.2, 0) is 10.0 Å². The molecule has 2 rings (SSSR count). The fourth-order valence-electron chi connectivity index (χ4n) is 2.19. The number of hydrogen-bond acceptors (Lipinski definition) is 3. The minimum absolute atomic E-state index is 0.334. The van der Waals surface area contributed by atoms with Crippen LogP contribution in [0.5, 0.6) is 0 Å². The second-order valence-electron chi connectivity index (χ2n) is 4.36. The van der Waals surface area contributed by atoms with Crippen LogP contribution in [0.4, 0.5) is 0 Å². The van der Waals surface area contributed by atoms with E-state index in [0.717, 1.165) is 24.2 Å². The molecule has 0 spiro atoms. The number of rotatable bonds is 3. The summed E-state index contributed by atoms with van der Waals surface area (Å²) >= 11 is 0. The van der Waals surface area contributed by atoms with Gasteiger partial charge < -0.3 is 4.90 Å². The molecule has 102 valence electrons. The molecule has 19 heavy (non-hydrogen) atoms. The van der Waals surface area contributed by atoms with E-state index in [1.165, 1.54) is 0 Å². The molecule has 1 aromatic rings. The lowest BCUT2D eigenvalue weighted by atomic mass is 10.0. The Morgan fingerprint density at radius 1 is 1.11 bits per heavy atom. The summed E-state index contributed by atoms with van der Waals surface area (Å²) in [5.41, 5.74) is 1.62. The van der Waals surface area contributed by atoms with E-state index in [1.54, 1.807) is 6.92 Å². The average molecular weight is 278 g/mol. The number of allylic oxidation sites excluding steroid dienone is 1. The van der Waals surface area contributed by atoms with Crippen molar-refractivity contribution in [2.45, 2.75) is 20.8 Å². The first-order valence-corrected chi connectivity index (χ1v) is 7.81. The lowest BCUT2D eigenvalue weighted by molar-refractivity contribution is 0.470. The molecule has 0 atom stereocenters. The van der Waals surface area contributed by atoms with E-state index >= 15 is 0 Å². The first-order valence-electron chi connectivity index (χ1n) is 6.37. The number of sulfonamides is 1. The van der Waals surface area contributed by atoms with Gasteiger partial charge in [0.25, 0.3) is 10.0 Å². The molecule has 4 nitrogen and oxygen atoms in total. The monoisotopic (exact) mass is 278 g/mol. The van der Waals surface area contributed by atoms with Gasteiger partial charge in [-0.05, 0) is 26.3 Å². The van der Waals surface area contributed by atoms with Gasteiger partial charge in [0, 0.05) is 18.7 Å². The second kappa shape index (κ2) is 5.17. The van der Waals surface area contributed by atoms with E-state index in [9.17, 15) is 8.42 Å². The maximum atomic E-state index is 12.0. The Morgan fingerprint density at radius 2 is 1.68 bits per heavy atom. The van der Waals surface area contributed by atoms with Crippen LogP contribution in [0.1, 0.15) is 26.3 Å². The summed E-state index contributed by atoms with van der Waals surface area (Å²) in [7, 11) is -3.51. The summed E-state index contributed by atoms with van der Waals surface area (Å²) in [5.74, 6) is 0.564. The maximum absolute atomic E-state index is 12.0. The molecule has 0 saturated heterocycles. The van der Waals surface area contributed by atoms with Gasteiger partial charge in [0.15, 0.2) is 5.84 Å². The predicted octanol–water partition coefficient (Wildman–Crippen LogP) is 2.50. The van der Waals surface area contributed by atoms with E-state index in [2.05, 4.69) is 4.40 Å². The number of amidine groups is 1. The molecule has 0 unspecified atom stereocenters. The Balaban J connectivity index is 2.61. The van der Waals surface area contributed by atoms with Crippen molar-refractivity contribution in [2.75, 3.05) is 13.1 Å². The molecule has 0 amide bonds. The van der Waals surface area contributed by atoms with Crippen molar-refractivity contribution in [3.63, 3.8) is 0 Å². The van der Waals surface area contributed by atoms with Crippen LogP contribution in [0.3, 0.4) is 0 Å². The molecule has 0 fully saturated rings. The van der Waals surface area contributed by atoms with Crippen molar-refractivity contribution >= 4 is 21.4 Å². The SMILES string of the molecule is CCN(CC)C1=NS(=O)(=O)C(C)=C1c1ccccc1. The first kappa shape index (κ1) is 13.8. The Hall–Kier alpha value is -1.62. The molecule has 1 aromatic carbocycles. The van der Waals surface area contributed by atoms with Crippen LogP contribution < -0.4 is 0 Å². The number of benzene rings is 1. The smallest absolute Gasteiger partial charge is 0.280 e. The summed E-state index contributed by atoms with van der Waals surface area (Å²) in [6.07, 6.45) is 0. The molecule has 1 aliphatic heterocycles. The van der Waals surface area contributed by atoms with E-state index in [4.69, 9.17) is 0 Å². The van der Waals surface area contributed by atoms with Gasteiger partial charge in [0.1, 0.15) is 0 Å². The highest BCUT2D eigenvalue weighted by Crippen LogP contribution is 2.32. The van der Waals surface area contributed by atoms with Gasteiger partial charge in [-0.15, -0.1) is 4.40 Å². The third-order valence-corrected chi connectivity index (χ3v) is 4.69. The van der Waals surface area contributed by atoms with E-state index in [-0.39, 0.29) is 0 Å². The largest absolute Gasteiger partial charge is 0.356 e. The molecule has 0 aromatic heterocycles. The molecule has 0 radical (unpaired) electrons. The Bertz CT molecular complexity index is 627. The average Bonchev–Trinajstić information content (AvgIpc) is 2.63. The zero-order valence-corrected chi connectivity index (χ0v) is 12.2. The second-order valence-corrected chi connectivity index (χ2v) is 6.10. The van der Waals surface area contributed by atoms with E-state index in [1.807, 2.05) is 49.1 Å². The van der Waals surface area contributed by atoms with Gasteiger partial charge in [-0.3, -0.25) is 0 Å². The minimum atomic E-state index is -3.51. The molecule has 5 heteroatoms. The van der Waals surface area contributed by atoms with E-state index < -0.39 is 10.0 Å². The number of nitrogens with zero attached hydrogens (tertiary/aromatic N) is 2. The zero-order chi connectivity index (χ0) is 14.0.